The maximum Gasteiger partial charge on any atom is 0.0949 e. The lowest BCUT2D eigenvalue weighted by molar-refractivity contribution is 0.484. The lowest BCUT2D eigenvalue weighted by Gasteiger charge is -2.09. The number of allylic oxidation sites excluding steroid dienone is 2. The van der Waals surface area contributed by atoms with Crippen LogP contribution in [0, 0.1) is 0 Å². The molecule has 0 amide bonds. The monoisotopic (exact) mass is 246 g/mol. The highest BCUT2D eigenvalue weighted by Crippen LogP contribution is 2.02. The van der Waals surface area contributed by atoms with Crippen LogP contribution in [0.4, 0.5) is 8.78 Å². The molecule has 0 aromatic carbocycles. The van der Waals surface area contributed by atoms with Crippen molar-refractivity contribution in [2.75, 3.05) is 26.4 Å². The molecule has 0 rings (SSSR count). The standard InChI is InChI=1S/C13H24F2N2/c1-3-9-16-12(5-7-14)11-13(6-8-15)17-10-4-2/h11,16H,3-10H2,1-2H3/b12-11-,17-13+. The summed E-state index contributed by atoms with van der Waals surface area (Å²) in [6, 6.07) is 0. The van der Waals surface area contributed by atoms with Crippen molar-refractivity contribution in [2.45, 2.75) is 39.5 Å². The van der Waals surface area contributed by atoms with Gasteiger partial charge in [-0.2, -0.15) is 0 Å². The Morgan fingerprint density at radius 3 is 2.35 bits per heavy atom. The van der Waals surface area contributed by atoms with E-state index in [0.717, 1.165) is 30.8 Å². The molecule has 100 valence electrons. The third kappa shape index (κ3) is 8.83. The van der Waals surface area contributed by atoms with Crippen LogP contribution in [0.3, 0.4) is 0 Å². The molecule has 0 bridgehead atoms. The molecule has 0 radical (unpaired) electrons. The van der Waals surface area contributed by atoms with E-state index < -0.39 is 13.3 Å². The highest BCUT2D eigenvalue weighted by molar-refractivity contribution is 5.95. The van der Waals surface area contributed by atoms with Gasteiger partial charge in [-0.15, -0.1) is 0 Å². The highest BCUT2D eigenvalue weighted by Gasteiger charge is 2.00. The second kappa shape index (κ2) is 11.6. The van der Waals surface area contributed by atoms with Gasteiger partial charge in [0.05, 0.1) is 13.3 Å². The zero-order valence-electron chi connectivity index (χ0n) is 10.9. The molecule has 0 saturated heterocycles. The van der Waals surface area contributed by atoms with Crippen molar-refractivity contribution in [3.63, 3.8) is 0 Å². The zero-order chi connectivity index (χ0) is 12.9. The molecule has 17 heavy (non-hydrogen) atoms. The topological polar surface area (TPSA) is 24.4 Å². The molecule has 4 heteroatoms. The first-order chi connectivity index (χ1) is 8.28. The molecule has 0 aromatic heterocycles. The average molecular weight is 246 g/mol. The predicted octanol–water partition coefficient (Wildman–Crippen LogP) is 3.44. The van der Waals surface area contributed by atoms with Crippen LogP contribution in [0.25, 0.3) is 0 Å². The smallest absolute Gasteiger partial charge is 0.0949 e. The van der Waals surface area contributed by atoms with Gasteiger partial charge >= 0.3 is 0 Å². The number of alkyl halides is 2. The Morgan fingerprint density at radius 1 is 1.12 bits per heavy atom. The minimum absolute atomic E-state index is 0.309. The molecule has 1 N–H and O–H groups in total. The summed E-state index contributed by atoms with van der Waals surface area (Å²) >= 11 is 0. The SMILES string of the molecule is CCC/N=C(/C=C(/CCF)NCCC)CCF. The minimum atomic E-state index is -0.421. The van der Waals surface area contributed by atoms with Crippen molar-refractivity contribution in [1.82, 2.24) is 5.32 Å². The molecule has 0 spiro atoms. The summed E-state index contributed by atoms with van der Waals surface area (Å²) in [6.07, 6.45) is 4.37. The van der Waals surface area contributed by atoms with E-state index in [1.165, 1.54) is 0 Å². The van der Waals surface area contributed by atoms with Gasteiger partial charge in [0.15, 0.2) is 0 Å². The first kappa shape index (κ1) is 16.1. The number of nitrogens with zero attached hydrogens (tertiary/aromatic N) is 1. The van der Waals surface area contributed by atoms with E-state index in [9.17, 15) is 8.78 Å². The fourth-order valence-corrected chi connectivity index (χ4v) is 1.35. The Bertz CT molecular complexity index is 238. The minimum Gasteiger partial charge on any atom is -0.388 e. The van der Waals surface area contributed by atoms with E-state index in [2.05, 4.69) is 10.3 Å². The van der Waals surface area contributed by atoms with E-state index in [1.807, 2.05) is 13.8 Å². The van der Waals surface area contributed by atoms with Gasteiger partial charge in [0, 0.05) is 37.3 Å². The predicted molar refractivity (Wildman–Crippen MR) is 70.2 cm³/mol. The summed E-state index contributed by atoms with van der Waals surface area (Å²) in [4.78, 5) is 4.30. The Kier molecular flexibility index (Phi) is 10.9. The number of aliphatic imine (C=N–C) groups is 1. The van der Waals surface area contributed by atoms with Crippen LogP contribution >= 0.6 is 0 Å². The third-order valence-electron chi connectivity index (χ3n) is 2.20. The van der Waals surface area contributed by atoms with Crippen LogP contribution < -0.4 is 5.32 Å². The van der Waals surface area contributed by atoms with Crippen molar-refractivity contribution in [3.05, 3.63) is 11.8 Å². The first-order valence-corrected chi connectivity index (χ1v) is 6.38. The number of nitrogens with one attached hydrogen (secondary N) is 1. The van der Waals surface area contributed by atoms with Gasteiger partial charge in [0.1, 0.15) is 0 Å². The number of hydrogen-bond acceptors (Lipinski definition) is 2. The van der Waals surface area contributed by atoms with E-state index >= 15 is 0 Å². The number of hydrogen-bond donors (Lipinski definition) is 1. The van der Waals surface area contributed by atoms with Crippen LogP contribution in [0.2, 0.25) is 0 Å². The van der Waals surface area contributed by atoms with Crippen molar-refractivity contribution >= 4 is 5.71 Å². The second-order valence-electron chi connectivity index (χ2n) is 3.85. The quantitative estimate of drug-likeness (QED) is 0.587. The fraction of sp³-hybridized carbons (Fsp3) is 0.769. The Morgan fingerprint density at radius 2 is 1.82 bits per heavy atom. The van der Waals surface area contributed by atoms with Crippen LogP contribution in [-0.4, -0.2) is 32.2 Å². The van der Waals surface area contributed by atoms with Crippen molar-refractivity contribution < 1.29 is 8.78 Å². The molecule has 0 fully saturated rings. The van der Waals surface area contributed by atoms with E-state index in [4.69, 9.17) is 0 Å². The normalized spacial score (nSPS) is 12.9. The van der Waals surface area contributed by atoms with Crippen LogP contribution in [0.1, 0.15) is 39.5 Å². The average Bonchev–Trinajstić information content (AvgIpc) is 2.33. The largest absolute Gasteiger partial charge is 0.388 e. The highest BCUT2D eigenvalue weighted by atomic mass is 19.1. The van der Waals surface area contributed by atoms with Crippen molar-refractivity contribution in [1.29, 1.82) is 0 Å². The van der Waals surface area contributed by atoms with Gasteiger partial charge in [-0.3, -0.25) is 13.8 Å². The summed E-state index contributed by atoms with van der Waals surface area (Å²) in [6.45, 7) is 4.76. The maximum absolute atomic E-state index is 12.4. The summed E-state index contributed by atoms with van der Waals surface area (Å²) in [5, 5.41) is 3.15. The molecular formula is C13H24F2N2. The van der Waals surface area contributed by atoms with Gasteiger partial charge in [-0.1, -0.05) is 13.8 Å². The second-order valence-corrected chi connectivity index (χ2v) is 3.85. The van der Waals surface area contributed by atoms with Gasteiger partial charge in [-0.05, 0) is 18.9 Å². The third-order valence-corrected chi connectivity index (χ3v) is 2.20. The first-order valence-electron chi connectivity index (χ1n) is 6.38. The van der Waals surface area contributed by atoms with E-state index in [-0.39, 0.29) is 0 Å². The zero-order valence-corrected chi connectivity index (χ0v) is 10.9. The van der Waals surface area contributed by atoms with E-state index in [0.29, 0.717) is 19.4 Å². The van der Waals surface area contributed by atoms with Gasteiger partial charge in [0.2, 0.25) is 0 Å². The lowest BCUT2D eigenvalue weighted by Crippen LogP contribution is -2.16. The number of halogens is 2. The molecule has 0 saturated carbocycles. The molecule has 0 aliphatic carbocycles. The molecule has 0 aromatic rings. The van der Waals surface area contributed by atoms with Crippen molar-refractivity contribution in [2.24, 2.45) is 4.99 Å². The molecule has 0 unspecified atom stereocenters. The van der Waals surface area contributed by atoms with Crippen LogP contribution in [0.15, 0.2) is 16.8 Å². The Hall–Kier alpha value is -0.930. The Balaban J connectivity index is 4.55. The summed E-state index contributed by atoms with van der Waals surface area (Å²) in [5.41, 5.74) is 1.54. The fourth-order valence-electron chi connectivity index (χ4n) is 1.35. The molecular weight excluding hydrogens is 222 g/mol. The molecule has 0 aliphatic heterocycles. The van der Waals surface area contributed by atoms with Crippen LogP contribution in [0.5, 0.6) is 0 Å². The molecule has 0 atom stereocenters. The van der Waals surface area contributed by atoms with E-state index in [1.54, 1.807) is 6.08 Å². The maximum atomic E-state index is 12.4. The summed E-state index contributed by atoms with van der Waals surface area (Å²) < 4.78 is 24.7. The summed E-state index contributed by atoms with van der Waals surface area (Å²) in [5.74, 6) is 0. The van der Waals surface area contributed by atoms with Crippen LogP contribution in [-0.2, 0) is 0 Å². The molecule has 0 heterocycles. The molecule has 0 aliphatic rings. The van der Waals surface area contributed by atoms with Gasteiger partial charge < -0.3 is 5.32 Å². The number of rotatable bonds is 10. The summed E-state index contributed by atoms with van der Waals surface area (Å²) in [7, 11) is 0. The van der Waals surface area contributed by atoms with Crippen molar-refractivity contribution in [3.8, 4) is 0 Å². The lowest BCUT2D eigenvalue weighted by atomic mass is 10.2. The Labute approximate surface area is 103 Å². The molecule has 2 nitrogen and oxygen atoms in total. The van der Waals surface area contributed by atoms with Gasteiger partial charge in [-0.25, -0.2) is 0 Å². The van der Waals surface area contributed by atoms with Gasteiger partial charge in [0.25, 0.3) is 0 Å².